The Kier molecular flexibility index (Phi) is 5.87. The Bertz CT molecular complexity index is 600. The Hall–Kier alpha value is -1.51. The van der Waals surface area contributed by atoms with Gasteiger partial charge in [0.2, 0.25) is 0 Å². The molecule has 0 amide bonds. The van der Waals surface area contributed by atoms with E-state index in [4.69, 9.17) is 4.74 Å². The maximum atomic E-state index is 5.35. The Morgan fingerprint density at radius 2 is 1.91 bits per heavy atom. The fourth-order valence-electron chi connectivity index (χ4n) is 3.13. The predicted molar refractivity (Wildman–Crippen MR) is 94.1 cm³/mol. The number of halogens is 1. The summed E-state index contributed by atoms with van der Waals surface area (Å²) in [6.45, 7) is 5.50. The van der Waals surface area contributed by atoms with E-state index in [1.165, 1.54) is 23.1 Å². The van der Waals surface area contributed by atoms with Gasteiger partial charge in [0, 0.05) is 19.0 Å². The molecule has 1 aliphatic carbocycles. The Balaban J connectivity index is 0.00000176. The smallest absolute Gasteiger partial charge is 0.119 e. The zero-order valence-corrected chi connectivity index (χ0v) is 14.1. The third kappa shape index (κ3) is 3.63. The van der Waals surface area contributed by atoms with Gasteiger partial charge in [-0.15, -0.1) is 12.4 Å². The van der Waals surface area contributed by atoms with Crippen LogP contribution in [0.1, 0.15) is 29.5 Å². The van der Waals surface area contributed by atoms with Gasteiger partial charge in [0.25, 0.3) is 0 Å². The molecule has 1 atom stereocenters. The predicted octanol–water partition coefficient (Wildman–Crippen LogP) is 4.28. The van der Waals surface area contributed by atoms with E-state index >= 15 is 0 Å². The third-order valence-electron chi connectivity index (χ3n) is 4.43. The summed E-state index contributed by atoms with van der Waals surface area (Å²) in [5.41, 5.74) is 4.35. The van der Waals surface area contributed by atoms with Crippen LogP contribution in [0, 0.1) is 0 Å². The zero-order chi connectivity index (χ0) is 14.7. The minimum atomic E-state index is 0. The molecule has 2 nitrogen and oxygen atoms in total. The lowest BCUT2D eigenvalue weighted by molar-refractivity contribution is 0.251. The normalized spacial score (nSPS) is 15.7. The molecule has 1 unspecified atom stereocenters. The van der Waals surface area contributed by atoms with Crippen molar-refractivity contribution >= 4 is 12.4 Å². The van der Waals surface area contributed by atoms with Crippen LogP contribution < -0.4 is 4.74 Å². The second-order valence-corrected chi connectivity index (χ2v) is 5.78. The van der Waals surface area contributed by atoms with Crippen LogP contribution in [0.5, 0.6) is 5.75 Å². The largest absolute Gasteiger partial charge is 0.497 e. The van der Waals surface area contributed by atoms with Crippen LogP contribution in [0.4, 0.5) is 0 Å². The molecular formula is C19H24ClNO. The highest BCUT2D eigenvalue weighted by Crippen LogP contribution is 2.38. The molecule has 0 N–H and O–H groups in total. The van der Waals surface area contributed by atoms with Crippen molar-refractivity contribution in [3.05, 3.63) is 65.2 Å². The van der Waals surface area contributed by atoms with Gasteiger partial charge in [-0.1, -0.05) is 43.3 Å². The topological polar surface area (TPSA) is 12.5 Å². The van der Waals surface area contributed by atoms with Crippen molar-refractivity contribution in [3.8, 4) is 5.75 Å². The number of benzene rings is 2. The standard InChI is InChI=1S/C19H23NO.ClH/c1-3-20(13-15-7-5-4-6-8-15)14-17-11-16-9-10-18(21-2)12-19(16)17;/h4-10,12,17H,3,11,13-14H2,1-2H3;1H. The van der Waals surface area contributed by atoms with Crippen LogP contribution in [0.15, 0.2) is 48.5 Å². The summed E-state index contributed by atoms with van der Waals surface area (Å²) < 4.78 is 5.35. The van der Waals surface area contributed by atoms with E-state index in [9.17, 15) is 0 Å². The van der Waals surface area contributed by atoms with Crippen LogP contribution in [-0.4, -0.2) is 25.1 Å². The van der Waals surface area contributed by atoms with Gasteiger partial charge < -0.3 is 4.74 Å². The number of ether oxygens (including phenoxy) is 1. The average molecular weight is 318 g/mol. The molecule has 0 saturated carbocycles. The van der Waals surface area contributed by atoms with Crippen molar-refractivity contribution in [3.63, 3.8) is 0 Å². The van der Waals surface area contributed by atoms with Gasteiger partial charge in [-0.05, 0) is 41.8 Å². The molecule has 0 saturated heterocycles. The molecule has 0 heterocycles. The van der Waals surface area contributed by atoms with Gasteiger partial charge in [0.1, 0.15) is 5.75 Å². The number of rotatable bonds is 6. The molecule has 1 aliphatic rings. The fourth-order valence-corrected chi connectivity index (χ4v) is 3.13. The number of fused-ring (bicyclic) bond motifs is 1. The first-order valence-corrected chi connectivity index (χ1v) is 7.73. The lowest BCUT2D eigenvalue weighted by Gasteiger charge is -2.35. The molecule has 0 bridgehead atoms. The minimum Gasteiger partial charge on any atom is -0.497 e. The molecule has 0 fully saturated rings. The average Bonchev–Trinajstić information content (AvgIpc) is 2.52. The monoisotopic (exact) mass is 317 g/mol. The van der Waals surface area contributed by atoms with E-state index in [-0.39, 0.29) is 12.4 Å². The summed E-state index contributed by atoms with van der Waals surface area (Å²) in [6.07, 6.45) is 1.20. The number of hydrogen-bond acceptors (Lipinski definition) is 2. The van der Waals surface area contributed by atoms with Gasteiger partial charge >= 0.3 is 0 Å². The van der Waals surface area contributed by atoms with Crippen molar-refractivity contribution in [1.29, 1.82) is 0 Å². The molecule has 0 radical (unpaired) electrons. The van der Waals surface area contributed by atoms with Crippen LogP contribution in [-0.2, 0) is 13.0 Å². The van der Waals surface area contributed by atoms with Gasteiger partial charge in [-0.2, -0.15) is 0 Å². The first-order chi connectivity index (χ1) is 10.3. The maximum absolute atomic E-state index is 5.35. The molecule has 2 aromatic rings. The van der Waals surface area contributed by atoms with Crippen LogP contribution in [0.3, 0.4) is 0 Å². The number of nitrogens with zero attached hydrogens (tertiary/aromatic N) is 1. The first kappa shape index (κ1) is 16.9. The molecular weight excluding hydrogens is 294 g/mol. The number of likely N-dealkylation sites (N-methyl/N-ethyl adjacent to an activating group) is 1. The van der Waals surface area contributed by atoms with E-state index in [2.05, 4.69) is 60.4 Å². The molecule has 0 aromatic heterocycles. The van der Waals surface area contributed by atoms with Crippen molar-refractivity contribution in [1.82, 2.24) is 4.90 Å². The summed E-state index contributed by atoms with van der Waals surface area (Å²) in [6, 6.07) is 17.2. The summed E-state index contributed by atoms with van der Waals surface area (Å²) in [7, 11) is 1.74. The van der Waals surface area contributed by atoms with Crippen LogP contribution in [0.25, 0.3) is 0 Å². The molecule has 0 spiro atoms. The molecule has 0 aliphatic heterocycles. The van der Waals surface area contributed by atoms with Gasteiger partial charge in [-0.3, -0.25) is 4.90 Å². The van der Waals surface area contributed by atoms with Crippen molar-refractivity contribution in [2.45, 2.75) is 25.8 Å². The summed E-state index contributed by atoms with van der Waals surface area (Å²) in [5.74, 6) is 1.63. The number of methoxy groups -OCH3 is 1. The lowest BCUT2D eigenvalue weighted by Crippen LogP contribution is -2.33. The third-order valence-corrected chi connectivity index (χ3v) is 4.43. The van der Waals surface area contributed by atoms with E-state index in [1.807, 2.05) is 0 Å². The number of hydrogen-bond donors (Lipinski definition) is 0. The van der Waals surface area contributed by atoms with E-state index < -0.39 is 0 Å². The highest BCUT2D eigenvalue weighted by molar-refractivity contribution is 5.85. The first-order valence-electron chi connectivity index (χ1n) is 7.73. The molecule has 118 valence electrons. The van der Waals surface area contributed by atoms with Crippen LogP contribution in [0.2, 0.25) is 0 Å². The van der Waals surface area contributed by atoms with Crippen molar-refractivity contribution in [2.75, 3.05) is 20.2 Å². The Labute approximate surface area is 139 Å². The van der Waals surface area contributed by atoms with Crippen molar-refractivity contribution in [2.24, 2.45) is 0 Å². The summed E-state index contributed by atoms with van der Waals surface area (Å²) in [4.78, 5) is 2.53. The minimum absolute atomic E-state index is 0. The molecule has 3 heteroatoms. The van der Waals surface area contributed by atoms with E-state index in [0.717, 1.165) is 25.4 Å². The van der Waals surface area contributed by atoms with Gasteiger partial charge in [0.05, 0.1) is 7.11 Å². The Morgan fingerprint density at radius 3 is 2.59 bits per heavy atom. The van der Waals surface area contributed by atoms with Crippen molar-refractivity contribution < 1.29 is 4.74 Å². The highest BCUT2D eigenvalue weighted by atomic mass is 35.5. The van der Waals surface area contributed by atoms with Crippen LogP contribution >= 0.6 is 12.4 Å². The molecule has 3 rings (SSSR count). The quantitative estimate of drug-likeness (QED) is 0.788. The SMILES string of the molecule is CCN(Cc1ccccc1)CC1Cc2ccc(OC)cc21.Cl. The van der Waals surface area contributed by atoms with E-state index in [0.29, 0.717) is 5.92 Å². The highest BCUT2D eigenvalue weighted by Gasteiger charge is 2.27. The molecule has 22 heavy (non-hydrogen) atoms. The summed E-state index contributed by atoms with van der Waals surface area (Å²) >= 11 is 0. The zero-order valence-electron chi connectivity index (χ0n) is 13.3. The maximum Gasteiger partial charge on any atom is 0.119 e. The second kappa shape index (κ2) is 7.66. The second-order valence-electron chi connectivity index (χ2n) is 5.78. The van der Waals surface area contributed by atoms with E-state index in [1.54, 1.807) is 7.11 Å². The fraction of sp³-hybridized carbons (Fsp3) is 0.368. The van der Waals surface area contributed by atoms with Gasteiger partial charge in [-0.25, -0.2) is 0 Å². The Morgan fingerprint density at radius 1 is 1.14 bits per heavy atom. The van der Waals surface area contributed by atoms with Gasteiger partial charge in [0.15, 0.2) is 0 Å². The lowest BCUT2D eigenvalue weighted by atomic mass is 9.77. The summed E-state index contributed by atoms with van der Waals surface area (Å²) in [5, 5.41) is 0. The molecule has 2 aromatic carbocycles.